The van der Waals surface area contributed by atoms with Crippen molar-refractivity contribution in [3.63, 3.8) is 0 Å². The van der Waals surface area contributed by atoms with Crippen LogP contribution in [0.4, 0.5) is 5.00 Å². The number of fused-ring (bicyclic) bond motifs is 8. The maximum atomic E-state index is 5.56. The van der Waals surface area contributed by atoms with Crippen molar-refractivity contribution in [2.24, 2.45) is 4.99 Å². The van der Waals surface area contributed by atoms with Gasteiger partial charge in [-0.25, -0.2) is 4.99 Å². The molecule has 1 aliphatic heterocycles. The number of nitrogens with one attached hydrogen (secondary N) is 1. The minimum absolute atomic E-state index is 0.293. The van der Waals surface area contributed by atoms with E-state index in [4.69, 9.17) is 4.99 Å². The van der Waals surface area contributed by atoms with Crippen LogP contribution in [-0.2, 0) is 0 Å². The highest BCUT2D eigenvalue weighted by atomic mass is 32.1. The van der Waals surface area contributed by atoms with Crippen LogP contribution in [0.25, 0.3) is 53.4 Å². The van der Waals surface area contributed by atoms with Gasteiger partial charge in [0.25, 0.3) is 0 Å². The molecule has 0 fully saturated rings. The van der Waals surface area contributed by atoms with E-state index in [0.717, 1.165) is 10.7 Å². The average Bonchev–Trinajstić information content (AvgIpc) is 3.54. The lowest BCUT2D eigenvalue weighted by molar-refractivity contribution is 0.627. The Balaban J connectivity index is 1.38. The summed E-state index contributed by atoms with van der Waals surface area (Å²) in [6.07, 6.45) is -0.293. The molecule has 9 rings (SSSR count). The SMILES string of the molecule is c1ccc2cc3c(cc2c1)c1ccccc1n3C1N=C(c2cccc3ccccc23)c2c(sc3ccccc23)N1. The number of para-hydroxylation sites is 1. The van der Waals surface area contributed by atoms with Gasteiger partial charge in [0.2, 0.25) is 6.29 Å². The Hall–Kier alpha value is -4.93. The van der Waals surface area contributed by atoms with Gasteiger partial charge >= 0.3 is 0 Å². The van der Waals surface area contributed by atoms with Gasteiger partial charge in [-0.05, 0) is 45.8 Å². The van der Waals surface area contributed by atoms with E-state index < -0.39 is 0 Å². The molecule has 4 heteroatoms. The van der Waals surface area contributed by atoms with Crippen molar-refractivity contribution in [2.45, 2.75) is 6.29 Å². The largest absolute Gasteiger partial charge is 0.338 e. The van der Waals surface area contributed by atoms with Crippen molar-refractivity contribution in [2.75, 3.05) is 5.32 Å². The summed E-state index contributed by atoms with van der Waals surface area (Å²) < 4.78 is 3.65. The van der Waals surface area contributed by atoms with Crippen LogP contribution in [0, 0.1) is 0 Å². The standard InChI is InChI=1S/C36H23N3S/c1-2-12-24-21-31-29(20-23(24)11-1)26-15-5-7-18-30(26)39(31)36-37-34(27-17-9-13-22-10-3-4-14-25(22)27)33-28-16-6-8-19-32(28)40-35(33)38-36/h1-21,36,38H. The molecule has 40 heavy (non-hydrogen) atoms. The quantitative estimate of drug-likeness (QED) is 0.237. The molecular weight excluding hydrogens is 506 g/mol. The van der Waals surface area contributed by atoms with E-state index in [2.05, 4.69) is 137 Å². The predicted molar refractivity (Wildman–Crippen MR) is 171 cm³/mol. The van der Waals surface area contributed by atoms with Crippen LogP contribution in [-0.4, -0.2) is 10.3 Å². The number of hydrogen-bond donors (Lipinski definition) is 1. The van der Waals surface area contributed by atoms with E-state index in [1.807, 2.05) is 11.3 Å². The lowest BCUT2D eigenvalue weighted by Gasteiger charge is -2.26. The van der Waals surface area contributed by atoms with Crippen molar-refractivity contribution in [3.8, 4) is 0 Å². The van der Waals surface area contributed by atoms with Crippen molar-refractivity contribution in [3.05, 3.63) is 139 Å². The van der Waals surface area contributed by atoms with Crippen LogP contribution >= 0.6 is 11.3 Å². The zero-order valence-corrected chi connectivity index (χ0v) is 22.3. The minimum Gasteiger partial charge on any atom is -0.338 e. The fraction of sp³-hybridized carbons (Fsp3) is 0.0278. The third-order valence-corrected chi connectivity index (χ3v) is 9.31. The van der Waals surface area contributed by atoms with Gasteiger partial charge in [0.05, 0.1) is 16.7 Å². The summed E-state index contributed by atoms with van der Waals surface area (Å²) in [4.78, 5) is 5.56. The number of aliphatic imine (C=N–C) groups is 1. The molecule has 0 bridgehead atoms. The highest BCUT2D eigenvalue weighted by molar-refractivity contribution is 7.23. The zero-order chi connectivity index (χ0) is 26.2. The summed E-state index contributed by atoms with van der Waals surface area (Å²) in [6.45, 7) is 0. The fourth-order valence-electron chi connectivity index (χ4n) is 6.43. The molecule has 188 valence electrons. The van der Waals surface area contributed by atoms with Gasteiger partial charge < -0.3 is 9.88 Å². The van der Waals surface area contributed by atoms with Crippen LogP contribution in [0.15, 0.2) is 132 Å². The molecular formula is C36H23N3S. The Morgan fingerprint density at radius 2 is 1.25 bits per heavy atom. The van der Waals surface area contributed by atoms with Crippen LogP contribution in [0.1, 0.15) is 17.4 Å². The summed E-state index contributed by atoms with van der Waals surface area (Å²) in [5, 5.41) is 13.7. The molecule has 0 radical (unpaired) electrons. The normalized spacial score (nSPS) is 15.1. The second-order valence-corrected chi connectivity index (χ2v) is 11.5. The van der Waals surface area contributed by atoms with E-state index in [1.165, 1.54) is 64.6 Å². The van der Waals surface area contributed by atoms with Crippen LogP contribution in [0.3, 0.4) is 0 Å². The molecule has 0 spiro atoms. The Morgan fingerprint density at radius 3 is 2.12 bits per heavy atom. The number of thiophene rings is 1. The Morgan fingerprint density at radius 1 is 0.575 bits per heavy atom. The molecule has 3 heterocycles. The Bertz CT molecular complexity index is 2320. The van der Waals surface area contributed by atoms with E-state index in [0.29, 0.717) is 0 Å². The number of benzene rings is 6. The molecule has 2 aromatic heterocycles. The second-order valence-electron chi connectivity index (χ2n) is 10.4. The molecule has 3 nitrogen and oxygen atoms in total. The number of aromatic nitrogens is 1. The van der Waals surface area contributed by atoms with Crippen LogP contribution < -0.4 is 5.32 Å². The van der Waals surface area contributed by atoms with Crippen molar-refractivity contribution in [1.82, 2.24) is 4.57 Å². The number of nitrogens with zero attached hydrogens (tertiary/aromatic N) is 2. The van der Waals surface area contributed by atoms with E-state index in [1.54, 1.807) is 0 Å². The molecule has 6 aromatic carbocycles. The van der Waals surface area contributed by atoms with Gasteiger partial charge in [0.15, 0.2) is 0 Å². The minimum atomic E-state index is -0.293. The zero-order valence-electron chi connectivity index (χ0n) is 21.5. The maximum Gasteiger partial charge on any atom is 0.202 e. The second kappa shape index (κ2) is 8.28. The summed E-state index contributed by atoms with van der Waals surface area (Å²) in [5.41, 5.74) is 5.76. The molecule has 0 saturated carbocycles. The highest BCUT2D eigenvalue weighted by Crippen LogP contribution is 2.44. The molecule has 1 unspecified atom stereocenters. The first-order valence-corrected chi connectivity index (χ1v) is 14.4. The van der Waals surface area contributed by atoms with Gasteiger partial charge in [0.1, 0.15) is 5.00 Å². The Labute approximate surface area is 234 Å². The average molecular weight is 530 g/mol. The van der Waals surface area contributed by atoms with Crippen molar-refractivity contribution < 1.29 is 0 Å². The molecule has 1 aliphatic rings. The molecule has 8 aromatic rings. The van der Waals surface area contributed by atoms with E-state index in [9.17, 15) is 0 Å². The molecule has 0 saturated heterocycles. The molecule has 0 amide bonds. The molecule has 1 atom stereocenters. The first-order valence-electron chi connectivity index (χ1n) is 13.6. The lowest BCUT2D eigenvalue weighted by atomic mass is 9.95. The number of hydrogen-bond acceptors (Lipinski definition) is 3. The number of rotatable bonds is 2. The fourth-order valence-corrected chi connectivity index (χ4v) is 7.54. The summed E-state index contributed by atoms with van der Waals surface area (Å²) >= 11 is 1.81. The third kappa shape index (κ3) is 3.08. The Kier molecular flexibility index (Phi) is 4.54. The van der Waals surface area contributed by atoms with Gasteiger partial charge in [-0.2, -0.15) is 0 Å². The summed E-state index contributed by atoms with van der Waals surface area (Å²) in [5.74, 6) is 0. The van der Waals surface area contributed by atoms with Crippen LogP contribution in [0.2, 0.25) is 0 Å². The maximum absolute atomic E-state index is 5.56. The summed E-state index contributed by atoms with van der Waals surface area (Å²) in [7, 11) is 0. The lowest BCUT2D eigenvalue weighted by Crippen LogP contribution is -2.24. The van der Waals surface area contributed by atoms with E-state index >= 15 is 0 Å². The first-order chi connectivity index (χ1) is 19.8. The highest BCUT2D eigenvalue weighted by Gasteiger charge is 2.29. The summed E-state index contributed by atoms with van der Waals surface area (Å²) in [6, 6.07) is 45.8. The van der Waals surface area contributed by atoms with Gasteiger partial charge in [0, 0.05) is 32.0 Å². The van der Waals surface area contributed by atoms with E-state index in [-0.39, 0.29) is 6.29 Å². The predicted octanol–water partition coefficient (Wildman–Crippen LogP) is 9.73. The number of anilines is 1. The van der Waals surface area contributed by atoms with Crippen molar-refractivity contribution >= 4 is 75.5 Å². The topological polar surface area (TPSA) is 29.3 Å². The molecule has 1 N–H and O–H groups in total. The van der Waals surface area contributed by atoms with Gasteiger partial charge in [-0.1, -0.05) is 103 Å². The monoisotopic (exact) mass is 529 g/mol. The first kappa shape index (κ1) is 21.9. The van der Waals surface area contributed by atoms with Crippen molar-refractivity contribution in [1.29, 1.82) is 0 Å². The van der Waals surface area contributed by atoms with Crippen LogP contribution in [0.5, 0.6) is 0 Å². The smallest absolute Gasteiger partial charge is 0.202 e. The molecule has 0 aliphatic carbocycles. The van der Waals surface area contributed by atoms with Gasteiger partial charge in [-0.3, -0.25) is 0 Å². The third-order valence-electron chi connectivity index (χ3n) is 8.21. The van der Waals surface area contributed by atoms with Gasteiger partial charge in [-0.15, -0.1) is 11.3 Å².